The van der Waals surface area contributed by atoms with Crippen LogP contribution in [0.4, 0.5) is 0 Å². The molecule has 0 aliphatic heterocycles. The molecule has 1 unspecified atom stereocenters. The van der Waals surface area contributed by atoms with Crippen molar-refractivity contribution in [1.82, 2.24) is 0 Å². The van der Waals surface area contributed by atoms with E-state index in [0.717, 1.165) is 0 Å². The van der Waals surface area contributed by atoms with Crippen LogP contribution in [0.15, 0.2) is 34.1 Å². The molecular weight excluding hydrogens is 360 g/mol. The van der Waals surface area contributed by atoms with Crippen LogP contribution < -0.4 is 0 Å². The predicted molar refractivity (Wildman–Crippen MR) is 81.3 cm³/mol. The zero-order valence-corrected chi connectivity index (χ0v) is 13.2. The summed E-state index contributed by atoms with van der Waals surface area (Å²) in [6, 6.07) is 11.2. The van der Waals surface area contributed by atoms with E-state index < -0.39 is 0 Å². The van der Waals surface area contributed by atoms with Crippen LogP contribution >= 0.6 is 43.2 Å². The Morgan fingerprint density at radius 1 is 1.06 bits per heavy atom. The Kier molecular flexibility index (Phi) is 3.42. The fraction of sp³-hybridized carbons (Fsp3) is 0.286. The van der Waals surface area contributed by atoms with Gasteiger partial charge in [0.25, 0.3) is 0 Å². The number of aryl methyl sites for hydroxylation is 2. The smallest absolute Gasteiger partial charge is 0.0738 e. The first kappa shape index (κ1) is 11.9. The highest BCUT2D eigenvalue weighted by molar-refractivity contribution is 9.11. The van der Waals surface area contributed by atoms with Crippen molar-refractivity contribution < 1.29 is 0 Å². The molecule has 3 rings (SSSR count). The summed E-state index contributed by atoms with van der Waals surface area (Å²) in [6.07, 6.45) is 3.82. The molecule has 0 N–H and O–H groups in total. The van der Waals surface area contributed by atoms with Gasteiger partial charge < -0.3 is 0 Å². The van der Waals surface area contributed by atoms with E-state index in [1.165, 1.54) is 33.5 Å². The van der Waals surface area contributed by atoms with Gasteiger partial charge in [-0.3, -0.25) is 0 Å². The summed E-state index contributed by atoms with van der Waals surface area (Å²) >= 11 is 9.12. The molecule has 3 heteroatoms. The summed E-state index contributed by atoms with van der Waals surface area (Å²) in [5, 5.41) is 0. The second-order valence-corrected chi connectivity index (χ2v) is 7.80. The summed E-state index contributed by atoms with van der Waals surface area (Å²) in [5.41, 5.74) is 4.46. The highest BCUT2D eigenvalue weighted by atomic mass is 79.9. The van der Waals surface area contributed by atoms with Gasteiger partial charge in [-0.2, -0.15) is 0 Å². The molecule has 0 amide bonds. The fourth-order valence-electron chi connectivity index (χ4n) is 2.38. The molecule has 88 valence electrons. The molecule has 0 bridgehead atoms. The van der Waals surface area contributed by atoms with Crippen molar-refractivity contribution >= 4 is 43.2 Å². The van der Waals surface area contributed by atoms with Gasteiger partial charge in [-0.1, -0.05) is 34.1 Å². The molecule has 0 spiro atoms. The molecule has 1 aromatic heterocycles. The topological polar surface area (TPSA) is 0 Å². The van der Waals surface area contributed by atoms with Gasteiger partial charge in [-0.15, -0.1) is 11.3 Å². The maximum absolute atomic E-state index is 3.81. The largest absolute Gasteiger partial charge is 0.132 e. The van der Waals surface area contributed by atoms with E-state index in [0.29, 0.717) is 4.83 Å². The number of hydrogen-bond donors (Lipinski definition) is 0. The van der Waals surface area contributed by atoms with E-state index in [4.69, 9.17) is 0 Å². The summed E-state index contributed by atoms with van der Waals surface area (Å²) in [4.78, 5) is 1.68. The van der Waals surface area contributed by atoms with Gasteiger partial charge in [0.15, 0.2) is 0 Å². The SMILES string of the molecule is Brc1ccc(C(Br)c2ccc3c(c2)CCC3)s1. The molecule has 1 aliphatic rings. The quantitative estimate of drug-likeness (QED) is 0.613. The maximum Gasteiger partial charge on any atom is 0.0738 e. The Hall–Kier alpha value is -0.120. The fourth-order valence-corrected chi connectivity index (χ4v) is 4.53. The van der Waals surface area contributed by atoms with Gasteiger partial charge in [0.2, 0.25) is 0 Å². The number of alkyl halides is 1. The molecule has 0 saturated heterocycles. The third kappa shape index (κ3) is 2.38. The Morgan fingerprint density at radius 3 is 2.65 bits per heavy atom. The van der Waals surface area contributed by atoms with Gasteiger partial charge in [-0.05, 0) is 64.0 Å². The minimum atomic E-state index is 0.324. The van der Waals surface area contributed by atoms with E-state index >= 15 is 0 Å². The molecule has 17 heavy (non-hydrogen) atoms. The number of benzene rings is 1. The van der Waals surface area contributed by atoms with Crippen LogP contribution in [0.5, 0.6) is 0 Å². The lowest BCUT2D eigenvalue weighted by atomic mass is 10.0. The first-order chi connectivity index (χ1) is 8.24. The molecule has 1 aliphatic carbocycles. The Morgan fingerprint density at radius 2 is 1.88 bits per heavy atom. The summed E-state index contributed by atoms with van der Waals surface area (Å²) in [7, 11) is 0. The van der Waals surface area contributed by atoms with E-state index in [-0.39, 0.29) is 0 Å². The highest BCUT2D eigenvalue weighted by Gasteiger charge is 2.16. The standard InChI is InChI=1S/C14H12Br2S/c15-13-7-6-12(17-13)14(16)11-5-4-9-2-1-3-10(9)8-11/h4-8,14H,1-3H2. The highest BCUT2D eigenvalue weighted by Crippen LogP contribution is 2.38. The molecule has 1 heterocycles. The molecule has 1 atom stereocenters. The zero-order valence-electron chi connectivity index (χ0n) is 9.25. The van der Waals surface area contributed by atoms with Crippen LogP contribution in [0, 0.1) is 0 Å². The second kappa shape index (κ2) is 4.87. The summed E-state index contributed by atoms with van der Waals surface area (Å²) < 4.78 is 1.19. The number of halogens is 2. The number of hydrogen-bond acceptors (Lipinski definition) is 1. The second-order valence-electron chi connectivity index (χ2n) is 4.39. The van der Waals surface area contributed by atoms with Crippen molar-refractivity contribution in [1.29, 1.82) is 0 Å². The molecule has 0 radical (unpaired) electrons. The van der Waals surface area contributed by atoms with Gasteiger partial charge >= 0.3 is 0 Å². The predicted octanol–water partition coefficient (Wildman–Crippen LogP) is 5.48. The van der Waals surface area contributed by atoms with E-state index in [2.05, 4.69) is 62.2 Å². The van der Waals surface area contributed by atoms with Crippen molar-refractivity contribution in [3.05, 3.63) is 55.7 Å². The minimum Gasteiger partial charge on any atom is -0.132 e. The van der Waals surface area contributed by atoms with Crippen molar-refractivity contribution in [2.75, 3.05) is 0 Å². The lowest BCUT2D eigenvalue weighted by Gasteiger charge is -2.10. The minimum absolute atomic E-state index is 0.324. The number of thiophene rings is 1. The number of fused-ring (bicyclic) bond motifs is 1. The van der Waals surface area contributed by atoms with Crippen LogP contribution in [0.25, 0.3) is 0 Å². The van der Waals surface area contributed by atoms with Crippen molar-refractivity contribution in [3.8, 4) is 0 Å². The van der Waals surface area contributed by atoms with Gasteiger partial charge in [-0.25, -0.2) is 0 Å². The van der Waals surface area contributed by atoms with Crippen LogP contribution in [-0.2, 0) is 12.8 Å². The monoisotopic (exact) mass is 370 g/mol. The van der Waals surface area contributed by atoms with Crippen LogP contribution in [0.1, 0.15) is 32.8 Å². The number of rotatable bonds is 2. The lowest BCUT2D eigenvalue weighted by Crippen LogP contribution is -1.92. The summed E-state index contributed by atoms with van der Waals surface area (Å²) in [5.74, 6) is 0. The third-order valence-corrected chi connectivity index (χ3v) is 6.27. The van der Waals surface area contributed by atoms with Crippen molar-refractivity contribution in [2.24, 2.45) is 0 Å². The summed E-state index contributed by atoms with van der Waals surface area (Å²) in [6.45, 7) is 0. The Labute approximate surface area is 122 Å². The van der Waals surface area contributed by atoms with Gasteiger partial charge in [0.05, 0.1) is 8.61 Å². The van der Waals surface area contributed by atoms with Gasteiger partial charge in [0, 0.05) is 4.88 Å². The molecule has 0 saturated carbocycles. The lowest BCUT2D eigenvalue weighted by molar-refractivity contribution is 0.911. The normalized spacial score (nSPS) is 15.9. The van der Waals surface area contributed by atoms with Crippen LogP contribution in [0.3, 0.4) is 0 Å². The average molecular weight is 372 g/mol. The van der Waals surface area contributed by atoms with Crippen LogP contribution in [-0.4, -0.2) is 0 Å². The molecule has 0 nitrogen and oxygen atoms in total. The van der Waals surface area contributed by atoms with Crippen LogP contribution in [0.2, 0.25) is 0 Å². The maximum atomic E-state index is 3.81. The third-order valence-electron chi connectivity index (χ3n) is 3.26. The Bertz CT molecular complexity index is 545. The zero-order chi connectivity index (χ0) is 11.8. The first-order valence-corrected chi connectivity index (χ1v) is 8.27. The van der Waals surface area contributed by atoms with Crippen molar-refractivity contribution in [3.63, 3.8) is 0 Å². The Balaban J connectivity index is 1.94. The molecular formula is C14H12Br2S. The first-order valence-electron chi connectivity index (χ1n) is 5.75. The van der Waals surface area contributed by atoms with E-state index in [1.54, 1.807) is 22.5 Å². The van der Waals surface area contributed by atoms with E-state index in [9.17, 15) is 0 Å². The van der Waals surface area contributed by atoms with Gasteiger partial charge in [0.1, 0.15) is 0 Å². The molecule has 0 fully saturated rings. The van der Waals surface area contributed by atoms with Crippen molar-refractivity contribution in [2.45, 2.75) is 24.1 Å². The molecule has 2 aromatic rings. The average Bonchev–Trinajstić information content (AvgIpc) is 2.95. The van der Waals surface area contributed by atoms with E-state index in [1.807, 2.05) is 0 Å². The molecule has 1 aromatic carbocycles.